The van der Waals surface area contributed by atoms with Gasteiger partial charge in [0.05, 0.1) is 5.69 Å². The highest BCUT2D eigenvalue weighted by atomic mass is 16.5. The molecule has 0 spiro atoms. The van der Waals surface area contributed by atoms with Crippen molar-refractivity contribution in [2.24, 2.45) is 0 Å². The number of H-pyrrole nitrogens is 1. The largest absolute Gasteiger partial charge is 0.488 e. The summed E-state index contributed by atoms with van der Waals surface area (Å²) < 4.78 is 5.90. The van der Waals surface area contributed by atoms with E-state index in [1.54, 1.807) is 6.07 Å². The smallest absolute Gasteiger partial charge is 0.322 e. The first kappa shape index (κ1) is 17.2. The van der Waals surface area contributed by atoms with Crippen LogP contribution < -0.4 is 10.1 Å². The van der Waals surface area contributed by atoms with E-state index in [1.807, 2.05) is 54.6 Å². The van der Waals surface area contributed by atoms with Gasteiger partial charge in [0.2, 0.25) is 0 Å². The lowest BCUT2D eigenvalue weighted by Crippen LogP contribution is -2.29. The molecule has 3 N–H and O–H groups in total. The molecular formula is C19H17N3O4. The first-order valence-corrected chi connectivity index (χ1v) is 7.95. The number of para-hydroxylation sites is 1. The standard InChI is InChI=1S/C19H17N3O4/c23-18(24)11-20-19(25)16-10-15(21-22-16)14-8-4-5-9-17(14)26-12-13-6-2-1-3-7-13/h1-10H,11-12H2,(H,20,25)(H,21,22)(H,23,24). The van der Waals surface area contributed by atoms with E-state index in [9.17, 15) is 9.59 Å². The van der Waals surface area contributed by atoms with Gasteiger partial charge in [-0.2, -0.15) is 5.10 Å². The number of ether oxygens (including phenoxy) is 1. The van der Waals surface area contributed by atoms with Crippen molar-refractivity contribution in [3.8, 4) is 17.0 Å². The van der Waals surface area contributed by atoms with Crippen LogP contribution in [0.1, 0.15) is 16.1 Å². The van der Waals surface area contributed by atoms with Crippen LogP contribution in [-0.4, -0.2) is 33.7 Å². The fraction of sp³-hybridized carbons (Fsp3) is 0.105. The number of carbonyl (C=O) groups excluding carboxylic acids is 1. The van der Waals surface area contributed by atoms with Crippen molar-refractivity contribution in [2.75, 3.05) is 6.54 Å². The van der Waals surface area contributed by atoms with Gasteiger partial charge in [-0.3, -0.25) is 14.7 Å². The Morgan fingerprint density at radius 3 is 2.58 bits per heavy atom. The summed E-state index contributed by atoms with van der Waals surface area (Å²) in [6.45, 7) is -0.0459. The molecule has 0 saturated carbocycles. The lowest BCUT2D eigenvalue weighted by molar-refractivity contribution is -0.135. The molecule has 1 amide bonds. The van der Waals surface area contributed by atoms with Crippen LogP contribution in [-0.2, 0) is 11.4 Å². The van der Waals surface area contributed by atoms with Crippen LogP contribution >= 0.6 is 0 Å². The average Bonchev–Trinajstić information content (AvgIpc) is 3.15. The fourth-order valence-electron chi connectivity index (χ4n) is 2.37. The molecule has 0 aliphatic heterocycles. The average molecular weight is 351 g/mol. The molecule has 0 radical (unpaired) electrons. The molecule has 1 aromatic heterocycles. The Morgan fingerprint density at radius 2 is 1.81 bits per heavy atom. The minimum absolute atomic E-state index is 0.110. The SMILES string of the molecule is O=C(O)CNC(=O)c1cc(-c2ccccc2OCc2ccccc2)[nH]n1. The van der Waals surface area contributed by atoms with Gasteiger partial charge < -0.3 is 15.2 Å². The number of aromatic amines is 1. The number of benzene rings is 2. The van der Waals surface area contributed by atoms with E-state index in [2.05, 4.69) is 15.5 Å². The number of hydrogen-bond acceptors (Lipinski definition) is 4. The van der Waals surface area contributed by atoms with E-state index < -0.39 is 18.4 Å². The van der Waals surface area contributed by atoms with E-state index in [-0.39, 0.29) is 5.69 Å². The molecule has 1 heterocycles. The van der Waals surface area contributed by atoms with Gasteiger partial charge in [0.1, 0.15) is 18.9 Å². The van der Waals surface area contributed by atoms with Crippen LogP contribution in [0.15, 0.2) is 60.7 Å². The van der Waals surface area contributed by atoms with Crippen molar-refractivity contribution in [2.45, 2.75) is 6.61 Å². The summed E-state index contributed by atoms with van der Waals surface area (Å²) in [5, 5.41) is 17.6. The Kier molecular flexibility index (Phi) is 5.28. The van der Waals surface area contributed by atoms with Crippen molar-refractivity contribution in [3.05, 3.63) is 71.9 Å². The summed E-state index contributed by atoms with van der Waals surface area (Å²) in [5.41, 5.74) is 2.52. The Morgan fingerprint density at radius 1 is 1.08 bits per heavy atom. The molecule has 26 heavy (non-hydrogen) atoms. The van der Waals surface area contributed by atoms with Gasteiger partial charge in [0.15, 0.2) is 5.69 Å². The summed E-state index contributed by atoms with van der Waals surface area (Å²) in [4.78, 5) is 22.4. The summed E-state index contributed by atoms with van der Waals surface area (Å²) in [5.74, 6) is -1.02. The Bertz CT molecular complexity index is 906. The van der Waals surface area contributed by atoms with Crippen molar-refractivity contribution in [1.29, 1.82) is 0 Å². The number of nitrogens with one attached hydrogen (secondary N) is 2. The first-order chi connectivity index (χ1) is 12.6. The predicted octanol–water partition coefficient (Wildman–Crippen LogP) is 2.47. The predicted molar refractivity (Wildman–Crippen MR) is 94.8 cm³/mol. The monoisotopic (exact) mass is 351 g/mol. The fourth-order valence-corrected chi connectivity index (χ4v) is 2.37. The van der Waals surface area contributed by atoms with Crippen LogP contribution in [0.4, 0.5) is 0 Å². The first-order valence-electron chi connectivity index (χ1n) is 7.95. The zero-order valence-electron chi connectivity index (χ0n) is 13.8. The zero-order chi connectivity index (χ0) is 18.4. The van der Waals surface area contributed by atoms with Crippen molar-refractivity contribution in [3.63, 3.8) is 0 Å². The maximum Gasteiger partial charge on any atom is 0.322 e. The molecule has 0 aliphatic carbocycles. The van der Waals surface area contributed by atoms with Gasteiger partial charge in [0.25, 0.3) is 5.91 Å². The van der Waals surface area contributed by atoms with E-state index in [1.165, 1.54) is 0 Å². The highest BCUT2D eigenvalue weighted by Crippen LogP contribution is 2.29. The van der Waals surface area contributed by atoms with Gasteiger partial charge in [-0.05, 0) is 23.8 Å². The van der Waals surface area contributed by atoms with Gasteiger partial charge >= 0.3 is 5.97 Å². The Balaban J connectivity index is 1.75. The third-order valence-electron chi connectivity index (χ3n) is 3.63. The number of aliphatic carboxylic acids is 1. The number of nitrogens with zero attached hydrogens (tertiary/aromatic N) is 1. The number of carboxylic acid groups (broad SMARTS) is 1. The molecule has 0 bridgehead atoms. The second-order valence-corrected chi connectivity index (χ2v) is 5.51. The minimum Gasteiger partial charge on any atom is -0.488 e. The van der Waals surface area contributed by atoms with Gasteiger partial charge in [-0.1, -0.05) is 42.5 Å². The van der Waals surface area contributed by atoms with E-state index >= 15 is 0 Å². The molecule has 3 rings (SSSR count). The summed E-state index contributed by atoms with van der Waals surface area (Å²) in [6.07, 6.45) is 0. The van der Waals surface area contributed by atoms with E-state index in [4.69, 9.17) is 9.84 Å². The molecular weight excluding hydrogens is 334 g/mol. The van der Waals surface area contributed by atoms with Crippen LogP contribution in [0.25, 0.3) is 11.3 Å². The second-order valence-electron chi connectivity index (χ2n) is 5.51. The Labute approximate surface area is 149 Å². The summed E-state index contributed by atoms with van der Waals surface area (Å²) in [7, 11) is 0. The van der Waals surface area contributed by atoms with Crippen molar-refractivity contribution in [1.82, 2.24) is 15.5 Å². The van der Waals surface area contributed by atoms with Gasteiger partial charge in [0, 0.05) is 5.56 Å². The third-order valence-corrected chi connectivity index (χ3v) is 3.63. The topological polar surface area (TPSA) is 104 Å². The second kappa shape index (κ2) is 7.98. The molecule has 3 aromatic rings. The van der Waals surface area contributed by atoms with Crippen LogP contribution in [0.3, 0.4) is 0 Å². The molecule has 7 nitrogen and oxygen atoms in total. The van der Waals surface area contributed by atoms with Crippen LogP contribution in [0.5, 0.6) is 5.75 Å². The summed E-state index contributed by atoms with van der Waals surface area (Å²) >= 11 is 0. The number of hydrogen-bond donors (Lipinski definition) is 3. The lowest BCUT2D eigenvalue weighted by atomic mass is 10.1. The van der Waals surface area contributed by atoms with Crippen LogP contribution in [0, 0.1) is 0 Å². The lowest BCUT2D eigenvalue weighted by Gasteiger charge is -2.10. The Hall–Kier alpha value is -3.61. The zero-order valence-corrected chi connectivity index (χ0v) is 13.8. The molecule has 0 unspecified atom stereocenters. The number of aromatic nitrogens is 2. The quantitative estimate of drug-likeness (QED) is 0.606. The highest BCUT2D eigenvalue weighted by molar-refractivity contribution is 5.95. The maximum absolute atomic E-state index is 11.9. The maximum atomic E-state index is 11.9. The molecule has 132 valence electrons. The van der Waals surface area contributed by atoms with E-state index in [0.29, 0.717) is 18.1 Å². The number of amides is 1. The molecule has 0 saturated heterocycles. The van der Waals surface area contributed by atoms with Crippen molar-refractivity contribution >= 4 is 11.9 Å². The number of carboxylic acids is 1. The van der Waals surface area contributed by atoms with E-state index in [0.717, 1.165) is 11.1 Å². The van der Waals surface area contributed by atoms with Crippen molar-refractivity contribution < 1.29 is 19.4 Å². The summed E-state index contributed by atoms with van der Waals surface area (Å²) in [6, 6.07) is 18.8. The molecule has 0 fully saturated rings. The molecule has 0 aliphatic rings. The highest BCUT2D eigenvalue weighted by Gasteiger charge is 2.14. The number of rotatable bonds is 7. The van der Waals surface area contributed by atoms with Crippen LogP contribution in [0.2, 0.25) is 0 Å². The van der Waals surface area contributed by atoms with Gasteiger partial charge in [-0.25, -0.2) is 0 Å². The third kappa shape index (κ3) is 4.27. The molecule has 0 atom stereocenters. The van der Waals surface area contributed by atoms with Gasteiger partial charge in [-0.15, -0.1) is 0 Å². The molecule has 2 aromatic carbocycles. The molecule has 7 heteroatoms. The minimum atomic E-state index is -1.12. The number of carbonyl (C=O) groups is 2. The normalized spacial score (nSPS) is 10.3.